The van der Waals surface area contributed by atoms with Crippen LogP contribution >= 0.6 is 11.6 Å². The number of nitrogens with one attached hydrogen (secondary N) is 1. The molecule has 0 radical (unpaired) electrons. The van der Waals surface area contributed by atoms with E-state index in [0.717, 1.165) is 0 Å². The first-order valence-electron chi connectivity index (χ1n) is 5.76. The van der Waals surface area contributed by atoms with Crippen molar-refractivity contribution in [2.45, 2.75) is 11.4 Å². The lowest BCUT2D eigenvalue weighted by Gasteiger charge is -2.08. The van der Waals surface area contributed by atoms with Crippen molar-refractivity contribution in [2.24, 2.45) is 0 Å². The van der Waals surface area contributed by atoms with Crippen LogP contribution in [0.1, 0.15) is 11.1 Å². The molecule has 2 aromatic rings. The molecule has 20 heavy (non-hydrogen) atoms. The summed E-state index contributed by atoms with van der Waals surface area (Å²) < 4.78 is 26.6. The molecule has 0 aliphatic heterocycles. The zero-order valence-corrected chi connectivity index (χ0v) is 11.9. The molecule has 0 amide bonds. The number of hydrogen-bond donors (Lipinski definition) is 1. The fourth-order valence-electron chi connectivity index (χ4n) is 1.61. The fourth-order valence-corrected chi connectivity index (χ4v) is 2.82. The zero-order valence-electron chi connectivity index (χ0n) is 10.4. The molecular weight excluding hydrogens is 296 g/mol. The molecule has 0 aromatic heterocycles. The van der Waals surface area contributed by atoms with E-state index in [1.165, 1.54) is 24.3 Å². The highest BCUT2D eigenvalue weighted by Crippen LogP contribution is 2.16. The largest absolute Gasteiger partial charge is 0.240 e. The summed E-state index contributed by atoms with van der Waals surface area (Å²) in [4.78, 5) is 0.114. The first-order valence-corrected chi connectivity index (χ1v) is 7.62. The smallest absolute Gasteiger partial charge is 0.207 e. The van der Waals surface area contributed by atoms with Crippen LogP contribution in [0.25, 0.3) is 0 Å². The Bertz CT molecular complexity index is 749. The van der Waals surface area contributed by atoms with Crippen LogP contribution in [0.2, 0.25) is 5.02 Å². The summed E-state index contributed by atoms with van der Waals surface area (Å²) in [5.41, 5.74) is 1.11. The summed E-state index contributed by atoms with van der Waals surface area (Å²) in [7, 11) is -3.62. The predicted octanol–water partition coefficient (Wildman–Crippen LogP) is 2.69. The van der Waals surface area contributed by atoms with Gasteiger partial charge in [0.05, 0.1) is 16.5 Å². The van der Waals surface area contributed by atoms with Gasteiger partial charge in [-0.1, -0.05) is 29.8 Å². The summed E-state index contributed by atoms with van der Waals surface area (Å²) in [6.07, 6.45) is 0. The minimum Gasteiger partial charge on any atom is -0.207 e. The summed E-state index contributed by atoms with van der Waals surface area (Å²) >= 11 is 5.97. The molecule has 0 aliphatic rings. The molecule has 1 N–H and O–H groups in total. The van der Waals surface area contributed by atoms with Gasteiger partial charge in [-0.15, -0.1) is 0 Å². The van der Waals surface area contributed by atoms with Gasteiger partial charge in [-0.3, -0.25) is 0 Å². The highest BCUT2D eigenvalue weighted by Gasteiger charge is 2.14. The van der Waals surface area contributed by atoms with Gasteiger partial charge in [0.25, 0.3) is 0 Å². The van der Waals surface area contributed by atoms with E-state index in [0.29, 0.717) is 16.1 Å². The minimum atomic E-state index is -3.62. The lowest BCUT2D eigenvalue weighted by atomic mass is 10.2. The Kier molecular flexibility index (Phi) is 4.40. The van der Waals surface area contributed by atoms with Crippen molar-refractivity contribution in [3.63, 3.8) is 0 Å². The van der Waals surface area contributed by atoms with Gasteiger partial charge in [-0.05, 0) is 35.9 Å². The maximum absolute atomic E-state index is 12.1. The molecule has 0 saturated heterocycles. The van der Waals surface area contributed by atoms with E-state index in [9.17, 15) is 8.42 Å². The van der Waals surface area contributed by atoms with Crippen molar-refractivity contribution in [3.8, 4) is 6.07 Å². The molecular formula is C14H11ClN2O2S. The third-order valence-corrected chi connectivity index (χ3v) is 4.49. The van der Waals surface area contributed by atoms with E-state index in [-0.39, 0.29) is 11.4 Å². The lowest BCUT2D eigenvalue weighted by Crippen LogP contribution is -2.23. The lowest BCUT2D eigenvalue weighted by molar-refractivity contribution is 0.581. The molecule has 0 aliphatic carbocycles. The van der Waals surface area contributed by atoms with Crippen LogP contribution in [0, 0.1) is 11.3 Å². The Labute approximate surface area is 122 Å². The third kappa shape index (κ3) is 3.36. The van der Waals surface area contributed by atoms with E-state index in [1.807, 2.05) is 6.07 Å². The maximum atomic E-state index is 12.1. The standard InChI is InChI=1S/C14H11ClN2O2S/c15-14-4-2-1-3-12(14)10-17-20(18,19)13-7-5-11(9-16)6-8-13/h1-8,17H,10H2. The number of rotatable bonds is 4. The van der Waals surface area contributed by atoms with Crippen molar-refractivity contribution in [2.75, 3.05) is 0 Å². The molecule has 6 heteroatoms. The Morgan fingerprint density at radius 1 is 1.10 bits per heavy atom. The number of hydrogen-bond acceptors (Lipinski definition) is 3. The quantitative estimate of drug-likeness (QED) is 0.944. The number of sulfonamides is 1. The molecule has 102 valence electrons. The molecule has 0 heterocycles. The van der Waals surface area contributed by atoms with Crippen molar-refractivity contribution >= 4 is 21.6 Å². The normalized spacial score (nSPS) is 11.0. The Hall–Kier alpha value is -1.87. The number of benzene rings is 2. The second-order valence-electron chi connectivity index (χ2n) is 4.05. The Balaban J connectivity index is 2.15. The average Bonchev–Trinajstić information content (AvgIpc) is 2.46. The molecule has 2 aromatic carbocycles. The summed E-state index contributed by atoms with van der Waals surface area (Å²) in [6, 6.07) is 14.7. The van der Waals surface area contributed by atoms with Crippen LogP contribution < -0.4 is 4.72 Å². The van der Waals surface area contributed by atoms with Crippen LogP contribution in [0.15, 0.2) is 53.4 Å². The number of nitrogens with zero attached hydrogens (tertiary/aromatic N) is 1. The van der Waals surface area contributed by atoms with Gasteiger partial charge in [0.2, 0.25) is 10.0 Å². The van der Waals surface area contributed by atoms with Gasteiger partial charge in [-0.2, -0.15) is 5.26 Å². The fraction of sp³-hybridized carbons (Fsp3) is 0.0714. The van der Waals surface area contributed by atoms with E-state index in [1.54, 1.807) is 24.3 Å². The summed E-state index contributed by atoms with van der Waals surface area (Å²) in [6.45, 7) is 0.113. The van der Waals surface area contributed by atoms with Crippen molar-refractivity contribution in [3.05, 3.63) is 64.7 Å². The molecule has 0 spiro atoms. The van der Waals surface area contributed by atoms with Gasteiger partial charge in [-0.25, -0.2) is 13.1 Å². The maximum Gasteiger partial charge on any atom is 0.240 e. The second kappa shape index (κ2) is 6.06. The molecule has 0 saturated carbocycles. The molecule has 4 nitrogen and oxygen atoms in total. The number of nitriles is 1. The van der Waals surface area contributed by atoms with Gasteiger partial charge >= 0.3 is 0 Å². The third-order valence-electron chi connectivity index (χ3n) is 2.70. The molecule has 0 atom stereocenters. The predicted molar refractivity (Wildman–Crippen MR) is 76.6 cm³/mol. The first-order chi connectivity index (χ1) is 9.53. The van der Waals surface area contributed by atoms with Crippen LogP contribution in [0.4, 0.5) is 0 Å². The van der Waals surface area contributed by atoms with Crippen LogP contribution in [0.3, 0.4) is 0 Å². The topological polar surface area (TPSA) is 70.0 Å². The van der Waals surface area contributed by atoms with Crippen molar-refractivity contribution in [1.82, 2.24) is 4.72 Å². The van der Waals surface area contributed by atoms with Gasteiger partial charge in [0.1, 0.15) is 0 Å². The van der Waals surface area contributed by atoms with Crippen molar-refractivity contribution < 1.29 is 8.42 Å². The summed E-state index contributed by atoms with van der Waals surface area (Å²) in [5, 5.41) is 9.19. The van der Waals surface area contributed by atoms with Crippen LogP contribution in [-0.2, 0) is 16.6 Å². The van der Waals surface area contributed by atoms with E-state index in [2.05, 4.69) is 4.72 Å². The number of halogens is 1. The average molecular weight is 307 g/mol. The Morgan fingerprint density at radius 3 is 2.35 bits per heavy atom. The minimum absolute atomic E-state index is 0.113. The highest BCUT2D eigenvalue weighted by atomic mass is 35.5. The highest BCUT2D eigenvalue weighted by molar-refractivity contribution is 7.89. The van der Waals surface area contributed by atoms with Crippen LogP contribution in [0.5, 0.6) is 0 Å². The Morgan fingerprint density at radius 2 is 1.75 bits per heavy atom. The van der Waals surface area contributed by atoms with Gasteiger partial charge in [0.15, 0.2) is 0 Å². The molecule has 0 unspecified atom stereocenters. The first kappa shape index (κ1) is 14.5. The van der Waals surface area contributed by atoms with Crippen molar-refractivity contribution in [1.29, 1.82) is 5.26 Å². The zero-order chi connectivity index (χ0) is 14.6. The molecule has 0 fully saturated rings. The van der Waals surface area contributed by atoms with Gasteiger partial charge < -0.3 is 0 Å². The molecule has 0 bridgehead atoms. The summed E-state index contributed by atoms with van der Waals surface area (Å²) in [5.74, 6) is 0. The van der Waals surface area contributed by atoms with E-state index in [4.69, 9.17) is 16.9 Å². The monoisotopic (exact) mass is 306 g/mol. The molecule has 2 rings (SSSR count). The van der Waals surface area contributed by atoms with Gasteiger partial charge in [0, 0.05) is 11.6 Å². The van der Waals surface area contributed by atoms with E-state index < -0.39 is 10.0 Å². The SMILES string of the molecule is N#Cc1ccc(S(=O)(=O)NCc2ccccc2Cl)cc1. The van der Waals surface area contributed by atoms with E-state index >= 15 is 0 Å². The second-order valence-corrected chi connectivity index (χ2v) is 6.23. The van der Waals surface area contributed by atoms with Crippen LogP contribution in [-0.4, -0.2) is 8.42 Å².